The Morgan fingerprint density at radius 1 is 1.41 bits per heavy atom. The Labute approximate surface area is 106 Å². The summed E-state index contributed by atoms with van der Waals surface area (Å²) in [6, 6.07) is 2.07. The highest BCUT2D eigenvalue weighted by atomic mass is 32.1. The Morgan fingerprint density at radius 3 is 2.71 bits per heavy atom. The van der Waals surface area contributed by atoms with Gasteiger partial charge in [-0.2, -0.15) is 4.37 Å². The molecule has 0 aliphatic rings. The third kappa shape index (κ3) is 2.75. The molecule has 0 aliphatic heterocycles. The minimum absolute atomic E-state index is 0.0287. The van der Waals surface area contributed by atoms with Crippen LogP contribution in [0.15, 0.2) is 22.1 Å². The van der Waals surface area contributed by atoms with Gasteiger partial charge in [0.2, 0.25) is 0 Å². The van der Waals surface area contributed by atoms with E-state index in [-0.39, 0.29) is 5.41 Å². The van der Waals surface area contributed by atoms with Gasteiger partial charge in [-0.1, -0.05) is 27.7 Å². The second kappa shape index (κ2) is 4.61. The molecule has 0 bridgehead atoms. The molecule has 92 valence electrons. The molecular formula is C13H18N2OS. The van der Waals surface area contributed by atoms with Crippen molar-refractivity contribution in [1.82, 2.24) is 9.36 Å². The van der Waals surface area contributed by atoms with E-state index in [1.165, 1.54) is 11.5 Å². The highest BCUT2D eigenvalue weighted by Gasteiger charge is 2.25. The quantitative estimate of drug-likeness (QED) is 0.829. The summed E-state index contributed by atoms with van der Waals surface area (Å²) in [5, 5.41) is 2.01. The van der Waals surface area contributed by atoms with E-state index in [4.69, 9.17) is 4.42 Å². The first kappa shape index (κ1) is 12.3. The van der Waals surface area contributed by atoms with Gasteiger partial charge in [0, 0.05) is 23.1 Å². The molecule has 3 nitrogen and oxygen atoms in total. The minimum Gasteiger partial charge on any atom is -0.445 e. The van der Waals surface area contributed by atoms with Crippen molar-refractivity contribution < 1.29 is 4.42 Å². The van der Waals surface area contributed by atoms with E-state index in [0.29, 0.717) is 5.92 Å². The monoisotopic (exact) mass is 250 g/mol. The van der Waals surface area contributed by atoms with Crippen LogP contribution >= 0.6 is 11.5 Å². The molecule has 0 spiro atoms. The lowest BCUT2D eigenvalue weighted by Gasteiger charge is -2.20. The topological polar surface area (TPSA) is 38.9 Å². The summed E-state index contributed by atoms with van der Waals surface area (Å²) >= 11 is 1.49. The van der Waals surface area contributed by atoms with Crippen LogP contribution in [0.4, 0.5) is 0 Å². The molecule has 0 aliphatic carbocycles. The molecular weight excluding hydrogens is 232 g/mol. The van der Waals surface area contributed by atoms with Gasteiger partial charge in [0.05, 0.1) is 11.9 Å². The van der Waals surface area contributed by atoms with Crippen molar-refractivity contribution in [3.05, 3.63) is 35.0 Å². The van der Waals surface area contributed by atoms with Crippen molar-refractivity contribution in [2.24, 2.45) is 0 Å². The molecule has 2 rings (SSSR count). The lowest BCUT2D eigenvalue weighted by molar-refractivity contribution is 0.388. The van der Waals surface area contributed by atoms with Crippen LogP contribution < -0.4 is 0 Å². The Bertz CT molecular complexity index is 471. The van der Waals surface area contributed by atoms with Crippen molar-refractivity contribution in [3.8, 4) is 0 Å². The summed E-state index contributed by atoms with van der Waals surface area (Å²) in [5.41, 5.74) is 1.07. The summed E-state index contributed by atoms with van der Waals surface area (Å²) in [6.07, 6.45) is 2.61. The Balaban J connectivity index is 2.14. The maximum atomic E-state index is 5.74. The first-order valence-electron chi connectivity index (χ1n) is 5.84. The number of oxazole rings is 1. The third-order valence-corrected chi connectivity index (χ3v) is 3.42. The average Bonchev–Trinajstić information content (AvgIpc) is 2.85. The van der Waals surface area contributed by atoms with Crippen LogP contribution in [-0.4, -0.2) is 9.36 Å². The molecule has 0 atom stereocenters. The molecule has 0 amide bonds. The van der Waals surface area contributed by atoms with Gasteiger partial charge in [-0.3, -0.25) is 0 Å². The summed E-state index contributed by atoms with van der Waals surface area (Å²) in [4.78, 5) is 4.34. The van der Waals surface area contributed by atoms with E-state index < -0.39 is 0 Å². The summed E-state index contributed by atoms with van der Waals surface area (Å²) in [5.74, 6) is 2.14. The molecule has 0 fully saturated rings. The Kier molecular flexibility index (Phi) is 3.33. The summed E-state index contributed by atoms with van der Waals surface area (Å²) in [7, 11) is 0. The molecule has 2 aromatic rings. The zero-order chi connectivity index (χ0) is 12.5. The third-order valence-electron chi connectivity index (χ3n) is 2.86. The van der Waals surface area contributed by atoms with Gasteiger partial charge in [0.25, 0.3) is 0 Å². The predicted molar refractivity (Wildman–Crippen MR) is 69.4 cm³/mol. The zero-order valence-electron chi connectivity index (χ0n) is 10.7. The SMILES string of the molecule is CC(C)c1cnc(CC(C)(C)c2ccsn2)o1. The standard InChI is InChI=1S/C13H18N2OS/c1-9(2)10-8-14-12(16-10)7-13(3,4)11-5-6-17-15-11/h5-6,8-9H,7H2,1-4H3. The lowest BCUT2D eigenvalue weighted by atomic mass is 9.86. The minimum atomic E-state index is -0.0287. The van der Waals surface area contributed by atoms with Gasteiger partial charge in [0.1, 0.15) is 5.76 Å². The number of rotatable bonds is 4. The smallest absolute Gasteiger partial charge is 0.195 e. The molecule has 2 aromatic heterocycles. The van der Waals surface area contributed by atoms with E-state index in [0.717, 1.165) is 23.8 Å². The first-order valence-corrected chi connectivity index (χ1v) is 6.68. The highest BCUT2D eigenvalue weighted by Crippen LogP contribution is 2.27. The largest absolute Gasteiger partial charge is 0.445 e. The van der Waals surface area contributed by atoms with E-state index in [9.17, 15) is 0 Å². The van der Waals surface area contributed by atoms with Crippen LogP contribution in [0.1, 0.15) is 51.0 Å². The Hall–Kier alpha value is -1.16. The number of aromatic nitrogens is 2. The molecule has 0 aromatic carbocycles. The van der Waals surface area contributed by atoms with Crippen LogP contribution in [0.5, 0.6) is 0 Å². The van der Waals surface area contributed by atoms with Crippen LogP contribution in [-0.2, 0) is 11.8 Å². The fourth-order valence-electron chi connectivity index (χ4n) is 1.70. The lowest BCUT2D eigenvalue weighted by Crippen LogP contribution is -2.21. The fourth-order valence-corrected chi connectivity index (χ4v) is 2.38. The molecule has 4 heteroatoms. The van der Waals surface area contributed by atoms with Crippen molar-refractivity contribution in [2.45, 2.75) is 45.4 Å². The second-order valence-electron chi connectivity index (χ2n) is 5.26. The Morgan fingerprint density at radius 2 is 2.18 bits per heavy atom. The summed E-state index contributed by atoms with van der Waals surface area (Å²) < 4.78 is 10.1. The zero-order valence-corrected chi connectivity index (χ0v) is 11.5. The van der Waals surface area contributed by atoms with E-state index in [1.54, 1.807) is 0 Å². The van der Waals surface area contributed by atoms with Gasteiger partial charge < -0.3 is 4.42 Å². The normalized spacial score (nSPS) is 12.3. The predicted octanol–water partition coefficient (Wildman–Crippen LogP) is 3.77. The van der Waals surface area contributed by atoms with E-state index in [2.05, 4.69) is 43.1 Å². The molecule has 0 saturated carbocycles. The van der Waals surface area contributed by atoms with Crippen LogP contribution in [0, 0.1) is 0 Å². The maximum absolute atomic E-state index is 5.74. The van der Waals surface area contributed by atoms with Crippen LogP contribution in [0.25, 0.3) is 0 Å². The highest BCUT2D eigenvalue weighted by molar-refractivity contribution is 7.03. The van der Waals surface area contributed by atoms with Gasteiger partial charge in [-0.15, -0.1) is 0 Å². The van der Waals surface area contributed by atoms with Crippen LogP contribution in [0.2, 0.25) is 0 Å². The molecule has 17 heavy (non-hydrogen) atoms. The average molecular weight is 250 g/mol. The van der Waals surface area contributed by atoms with Crippen LogP contribution in [0.3, 0.4) is 0 Å². The van der Waals surface area contributed by atoms with Crippen molar-refractivity contribution in [2.75, 3.05) is 0 Å². The van der Waals surface area contributed by atoms with Crippen molar-refractivity contribution in [3.63, 3.8) is 0 Å². The van der Waals surface area contributed by atoms with Crippen molar-refractivity contribution >= 4 is 11.5 Å². The molecule has 0 radical (unpaired) electrons. The first-order chi connectivity index (χ1) is 7.99. The maximum Gasteiger partial charge on any atom is 0.195 e. The fraction of sp³-hybridized carbons (Fsp3) is 0.538. The molecule has 2 heterocycles. The molecule has 0 saturated heterocycles. The van der Waals surface area contributed by atoms with Gasteiger partial charge in [0.15, 0.2) is 5.89 Å². The second-order valence-corrected chi connectivity index (χ2v) is 5.92. The molecule has 0 N–H and O–H groups in total. The van der Waals surface area contributed by atoms with Gasteiger partial charge in [-0.25, -0.2) is 4.98 Å². The van der Waals surface area contributed by atoms with Gasteiger partial charge in [-0.05, 0) is 17.6 Å². The number of hydrogen-bond donors (Lipinski definition) is 0. The number of hydrogen-bond acceptors (Lipinski definition) is 4. The summed E-state index contributed by atoms with van der Waals surface area (Å²) in [6.45, 7) is 8.55. The number of nitrogens with zero attached hydrogens (tertiary/aromatic N) is 2. The van der Waals surface area contributed by atoms with Crippen molar-refractivity contribution in [1.29, 1.82) is 0 Å². The van der Waals surface area contributed by atoms with Gasteiger partial charge >= 0.3 is 0 Å². The van der Waals surface area contributed by atoms with E-state index in [1.807, 2.05) is 11.6 Å². The molecule has 0 unspecified atom stereocenters. The van der Waals surface area contributed by atoms with E-state index >= 15 is 0 Å².